The molecular weight excluding hydrogens is 224 g/mol. The van der Waals surface area contributed by atoms with Gasteiger partial charge in [-0.3, -0.25) is 4.79 Å². The van der Waals surface area contributed by atoms with E-state index in [-0.39, 0.29) is 0 Å². The summed E-state index contributed by atoms with van der Waals surface area (Å²) in [7, 11) is 0. The maximum absolute atomic E-state index is 10.5. The molecule has 78 valence electrons. The molecule has 16 heavy (non-hydrogen) atoms. The summed E-state index contributed by atoms with van der Waals surface area (Å²) in [5, 5.41) is 2.54. The van der Waals surface area contributed by atoms with E-state index in [4.69, 9.17) is 4.42 Å². The van der Waals surface area contributed by atoms with Crippen LogP contribution in [0.5, 0.6) is 0 Å². The van der Waals surface area contributed by atoms with Crippen LogP contribution < -0.4 is 0 Å². The van der Waals surface area contributed by atoms with Gasteiger partial charge in [0.1, 0.15) is 16.2 Å². The number of rotatable bonds is 2. The van der Waals surface area contributed by atoms with E-state index >= 15 is 0 Å². The standard InChI is InChI=1S/C11H6N2O2S/c14-4-8-5-16-11(13-8)7-1-2-9-10(3-7)15-6-12-9/h1-6H. The third-order valence-corrected chi connectivity index (χ3v) is 3.13. The maximum Gasteiger partial charge on any atom is 0.181 e. The summed E-state index contributed by atoms with van der Waals surface area (Å²) in [4.78, 5) is 18.8. The largest absolute Gasteiger partial charge is 0.443 e. The van der Waals surface area contributed by atoms with Gasteiger partial charge in [-0.1, -0.05) is 0 Å². The second kappa shape index (κ2) is 3.53. The number of nitrogens with zero attached hydrogens (tertiary/aromatic N) is 2. The molecule has 0 aliphatic carbocycles. The third kappa shape index (κ3) is 1.42. The second-order valence-corrected chi connectivity index (χ2v) is 4.09. The first kappa shape index (κ1) is 9.23. The fourth-order valence-electron chi connectivity index (χ4n) is 1.46. The van der Waals surface area contributed by atoms with Gasteiger partial charge in [-0.15, -0.1) is 11.3 Å². The molecule has 5 heteroatoms. The lowest BCUT2D eigenvalue weighted by Crippen LogP contribution is -1.80. The van der Waals surface area contributed by atoms with Gasteiger partial charge in [0, 0.05) is 10.9 Å². The summed E-state index contributed by atoms with van der Waals surface area (Å²) in [6, 6.07) is 5.66. The number of benzene rings is 1. The van der Waals surface area contributed by atoms with Gasteiger partial charge in [0.05, 0.1) is 0 Å². The molecule has 0 radical (unpaired) electrons. The zero-order chi connectivity index (χ0) is 11.0. The summed E-state index contributed by atoms with van der Waals surface area (Å²) in [6.07, 6.45) is 2.15. The smallest absolute Gasteiger partial charge is 0.181 e. The lowest BCUT2D eigenvalue weighted by atomic mass is 10.2. The van der Waals surface area contributed by atoms with Crippen LogP contribution in [0.3, 0.4) is 0 Å². The van der Waals surface area contributed by atoms with Crippen LogP contribution >= 0.6 is 11.3 Å². The fourth-order valence-corrected chi connectivity index (χ4v) is 2.22. The average Bonchev–Trinajstić information content (AvgIpc) is 2.96. The Morgan fingerprint density at radius 2 is 2.31 bits per heavy atom. The number of carbonyl (C=O) groups is 1. The van der Waals surface area contributed by atoms with Crippen LogP contribution in [0.25, 0.3) is 21.7 Å². The zero-order valence-electron chi connectivity index (χ0n) is 8.08. The van der Waals surface area contributed by atoms with Crippen LogP contribution in [-0.2, 0) is 0 Å². The van der Waals surface area contributed by atoms with Crippen molar-refractivity contribution in [3.8, 4) is 10.6 Å². The molecule has 0 bridgehead atoms. The van der Waals surface area contributed by atoms with Gasteiger partial charge in [-0.2, -0.15) is 0 Å². The molecule has 0 saturated carbocycles. The maximum atomic E-state index is 10.5. The van der Waals surface area contributed by atoms with Gasteiger partial charge in [0.25, 0.3) is 0 Å². The number of fused-ring (bicyclic) bond motifs is 1. The molecule has 0 spiro atoms. The predicted molar refractivity (Wildman–Crippen MR) is 60.5 cm³/mol. The number of aldehydes is 1. The lowest BCUT2D eigenvalue weighted by molar-refractivity contribution is 0.111. The molecule has 0 saturated heterocycles. The molecular formula is C11H6N2O2S. The van der Waals surface area contributed by atoms with Crippen molar-refractivity contribution in [2.24, 2.45) is 0 Å². The lowest BCUT2D eigenvalue weighted by Gasteiger charge is -1.94. The minimum Gasteiger partial charge on any atom is -0.443 e. The Balaban J connectivity index is 2.13. The fraction of sp³-hybridized carbons (Fsp3) is 0. The second-order valence-electron chi connectivity index (χ2n) is 3.23. The van der Waals surface area contributed by atoms with Crippen molar-refractivity contribution in [2.45, 2.75) is 0 Å². The van der Waals surface area contributed by atoms with E-state index in [1.54, 1.807) is 5.38 Å². The van der Waals surface area contributed by atoms with Crippen molar-refractivity contribution >= 4 is 28.7 Å². The zero-order valence-corrected chi connectivity index (χ0v) is 8.90. The number of hydrogen-bond acceptors (Lipinski definition) is 5. The monoisotopic (exact) mass is 230 g/mol. The topological polar surface area (TPSA) is 56.0 Å². The SMILES string of the molecule is O=Cc1csc(-c2ccc3ncoc3c2)n1. The highest BCUT2D eigenvalue weighted by atomic mass is 32.1. The van der Waals surface area contributed by atoms with Crippen molar-refractivity contribution < 1.29 is 9.21 Å². The quantitative estimate of drug-likeness (QED) is 0.635. The summed E-state index contributed by atoms with van der Waals surface area (Å²) in [6.45, 7) is 0. The minimum absolute atomic E-state index is 0.456. The molecule has 0 amide bonds. The van der Waals surface area contributed by atoms with Crippen LogP contribution in [0.15, 0.2) is 34.4 Å². The Hall–Kier alpha value is -2.01. The molecule has 2 aromatic heterocycles. The highest BCUT2D eigenvalue weighted by molar-refractivity contribution is 7.13. The van der Waals surface area contributed by atoms with E-state index in [1.807, 2.05) is 18.2 Å². The first-order chi connectivity index (χ1) is 7.86. The Kier molecular flexibility index (Phi) is 2.04. The van der Waals surface area contributed by atoms with Crippen LogP contribution in [0.1, 0.15) is 10.5 Å². The Labute approximate surface area is 94.6 Å². The number of thiazole rings is 1. The Morgan fingerprint density at radius 3 is 3.12 bits per heavy atom. The summed E-state index contributed by atoms with van der Waals surface area (Å²) < 4.78 is 5.21. The van der Waals surface area contributed by atoms with E-state index in [0.717, 1.165) is 28.0 Å². The summed E-state index contributed by atoms with van der Waals surface area (Å²) in [5.74, 6) is 0. The molecule has 3 aromatic rings. The first-order valence-electron chi connectivity index (χ1n) is 4.61. The molecule has 2 heterocycles. The van der Waals surface area contributed by atoms with Crippen molar-refractivity contribution in [1.29, 1.82) is 0 Å². The van der Waals surface area contributed by atoms with Crippen molar-refractivity contribution in [3.63, 3.8) is 0 Å². The minimum atomic E-state index is 0.456. The summed E-state index contributed by atoms with van der Waals surface area (Å²) in [5.41, 5.74) is 2.93. The molecule has 0 atom stereocenters. The predicted octanol–water partition coefficient (Wildman–Crippen LogP) is 2.76. The average molecular weight is 230 g/mol. The molecule has 0 aliphatic rings. The molecule has 3 rings (SSSR count). The van der Waals surface area contributed by atoms with Gasteiger partial charge < -0.3 is 4.42 Å². The van der Waals surface area contributed by atoms with Gasteiger partial charge >= 0.3 is 0 Å². The molecule has 0 aliphatic heterocycles. The van der Waals surface area contributed by atoms with Crippen LogP contribution in [0, 0.1) is 0 Å². The Bertz CT molecular complexity index is 657. The number of aromatic nitrogens is 2. The highest BCUT2D eigenvalue weighted by Gasteiger charge is 2.06. The highest BCUT2D eigenvalue weighted by Crippen LogP contribution is 2.26. The van der Waals surface area contributed by atoms with Crippen LogP contribution in [0.4, 0.5) is 0 Å². The number of oxazole rings is 1. The van der Waals surface area contributed by atoms with Crippen molar-refractivity contribution in [3.05, 3.63) is 35.7 Å². The normalized spacial score (nSPS) is 10.8. The van der Waals surface area contributed by atoms with Crippen LogP contribution in [-0.4, -0.2) is 16.3 Å². The number of carbonyl (C=O) groups excluding carboxylic acids is 1. The van der Waals surface area contributed by atoms with Crippen molar-refractivity contribution in [1.82, 2.24) is 9.97 Å². The first-order valence-corrected chi connectivity index (χ1v) is 5.49. The van der Waals surface area contributed by atoms with Gasteiger partial charge in [-0.05, 0) is 18.2 Å². The van der Waals surface area contributed by atoms with E-state index in [0.29, 0.717) is 5.69 Å². The molecule has 4 nitrogen and oxygen atoms in total. The van der Waals surface area contributed by atoms with Crippen molar-refractivity contribution in [2.75, 3.05) is 0 Å². The molecule has 0 fully saturated rings. The molecule has 1 aromatic carbocycles. The van der Waals surface area contributed by atoms with E-state index in [2.05, 4.69) is 9.97 Å². The summed E-state index contributed by atoms with van der Waals surface area (Å²) >= 11 is 1.43. The van der Waals surface area contributed by atoms with Gasteiger partial charge in [0.2, 0.25) is 0 Å². The third-order valence-electron chi connectivity index (χ3n) is 2.22. The number of hydrogen-bond donors (Lipinski definition) is 0. The van der Waals surface area contributed by atoms with Gasteiger partial charge in [-0.25, -0.2) is 9.97 Å². The Morgan fingerprint density at radius 1 is 1.38 bits per heavy atom. The van der Waals surface area contributed by atoms with E-state index in [9.17, 15) is 4.79 Å². The molecule has 0 N–H and O–H groups in total. The van der Waals surface area contributed by atoms with E-state index in [1.165, 1.54) is 17.7 Å². The van der Waals surface area contributed by atoms with Gasteiger partial charge in [0.15, 0.2) is 18.3 Å². The van der Waals surface area contributed by atoms with E-state index < -0.39 is 0 Å². The van der Waals surface area contributed by atoms with Crippen LogP contribution in [0.2, 0.25) is 0 Å². The molecule has 0 unspecified atom stereocenters.